The number of morpholine rings is 1. The Morgan fingerprint density at radius 2 is 1.65 bits per heavy atom. The molecular weight excluding hydrogens is 452 g/mol. The number of nitrogens with zero attached hydrogens (tertiary/aromatic N) is 4. The summed E-state index contributed by atoms with van der Waals surface area (Å²) in [5.74, 6) is -0.0904. The maximum absolute atomic E-state index is 13.7. The molecule has 0 spiro atoms. The fraction of sp³-hybridized carbons (Fsp3) is 0.400. The normalized spacial score (nSPS) is 18.1. The first-order chi connectivity index (χ1) is 16.5. The van der Waals surface area contributed by atoms with E-state index >= 15 is 0 Å². The predicted molar refractivity (Wildman–Crippen MR) is 129 cm³/mol. The van der Waals surface area contributed by atoms with Gasteiger partial charge < -0.3 is 9.64 Å². The standard InChI is InChI=1S/C25H28N4O4S/c30-25(28-11-5-1-2-6-12-28)21-18-24(23-7-3-4-10-26-23)27-22-9-8-19(17-20(21)22)34(31,32)29-13-15-33-16-14-29/h3-4,7-10,17-18H,1-2,5-6,11-16H2. The van der Waals surface area contributed by atoms with E-state index in [1.807, 2.05) is 23.1 Å². The maximum atomic E-state index is 13.7. The van der Waals surface area contributed by atoms with Crippen LogP contribution < -0.4 is 0 Å². The van der Waals surface area contributed by atoms with Gasteiger partial charge >= 0.3 is 0 Å². The summed E-state index contributed by atoms with van der Waals surface area (Å²) in [5, 5.41) is 0.545. The van der Waals surface area contributed by atoms with Crippen molar-refractivity contribution in [2.45, 2.75) is 30.6 Å². The number of rotatable bonds is 4. The van der Waals surface area contributed by atoms with Gasteiger partial charge in [-0.3, -0.25) is 9.78 Å². The second-order valence-electron chi connectivity index (χ2n) is 8.67. The van der Waals surface area contributed by atoms with Crippen LogP contribution in [0.1, 0.15) is 36.0 Å². The molecule has 1 aromatic carbocycles. The highest BCUT2D eigenvalue weighted by Crippen LogP contribution is 2.29. The van der Waals surface area contributed by atoms with Crippen molar-refractivity contribution in [2.24, 2.45) is 0 Å². The van der Waals surface area contributed by atoms with Crippen molar-refractivity contribution in [3.8, 4) is 11.4 Å². The first-order valence-electron chi connectivity index (χ1n) is 11.8. The lowest BCUT2D eigenvalue weighted by Gasteiger charge is -2.26. The molecule has 2 saturated heterocycles. The zero-order valence-corrected chi connectivity index (χ0v) is 19.8. The van der Waals surface area contributed by atoms with E-state index in [-0.39, 0.29) is 10.8 Å². The molecule has 2 aliphatic rings. The van der Waals surface area contributed by atoms with Gasteiger partial charge in [0.2, 0.25) is 10.0 Å². The first kappa shape index (κ1) is 22.9. The zero-order valence-electron chi connectivity index (χ0n) is 19.0. The van der Waals surface area contributed by atoms with Crippen LogP contribution >= 0.6 is 0 Å². The largest absolute Gasteiger partial charge is 0.379 e. The van der Waals surface area contributed by atoms with E-state index in [2.05, 4.69) is 4.98 Å². The van der Waals surface area contributed by atoms with Gasteiger partial charge in [0, 0.05) is 37.8 Å². The van der Waals surface area contributed by atoms with Gasteiger partial charge in [-0.25, -0.2) is 13.4 Å². The number of amides is 1. The van der Waals surface area contributed by atoms with Crippen molar-refractivity contribution >= 4 is 26.8 Å². The molecule has 8 nitrogen and oxygen atoms in total. The third-order valence-corrected chi connectivity index (χ3v) is 8.33. The van der Waals surface area contributed by atoms with Crippen molar-refractivity contribution in [1.82, 2.24) is 19.2 Å². The quantitative estimate of drug-likeness (QED) is 0.569. The Kier molecular flexibility index (Phi) is 6.58. The second-order valence-corrected chi connectivity index (χ2v) is 10.6. The molecule has 2 aromatic heterocycles. The lowest BCUT2D eigenvalue weighted by Crippen LogP contribution is -2.40. The van der Waals surface area contributed by atoms with Crippen LogP contribution in [0, 0.1) is 0 Å². The molecule has 0 atom stereocenters. The molecule has 9 heteroatoms. The van der Waals surface area contributed by atoms with E-state index in [1.54, 1.807) is 30.5 Å². The monoisotopic (exact) mass is 480 g/mol. The molecule has 0 radical (unpaired) electrons. The maximum Gasteiger partial charge on any atom is 0.254 e. The molecule has 2 fully saturated rings. The van der Waals surface area contributed by atoms with Gasteiger partial charge in [0.25, 0.3) is 5.91 Å². The minimum absolute atomic E-state index is 0.0904. The van der Waals surface area contributed by atoms with Crippen molar-refractivity contribution < 1.29 is 17.9 Å². The van der Waals surface area contributed by atoms with Crippen LogP contribution in [0.2, 0.25) is 0 Å². The lowest BCUT2D eigenvalue weighted by atomic mass is 10.0. The Morgan fingerprint density at radius 1 is 0.882 bits per heavy atom. The third kappa shape index (κ3) is 4.55. The molecule has 5 rings (SSSR count). The number of sulfonamides is 1. The number of fused-ring (bicyclic) bond motifs is 1. The molecule has 4 heterocycles. The highest BCUT2D eigenvalue weighted by Gasteiger charge is 2.28. The number of aromatic nitrogens is 2. The number of ether oxygens (including phenoxy) is 1. The van der Waals surface area contributed by atoms with Crippen molar-refractivity contribution in [3.05, 3.63) is 54.2 Å². The van der Waals surface area contributed by atoms with E-state index in [4.69, 9.17) is 9.72 Å². The molecule has 0 unspecified atom stereocenters. The van der Waals surface area contributed by atoms with Crippen LogP contribution in [-0.4, -0.2) is 72.9 Å². The number of likely N-dealkylation sites (tertiary alicyclic amines) is 1. The molecule has 0 bridgehead atoms. The van der Waals surface area contributed by atoms with Crippen LogP contribution in [0.25, 0.3) is 22.3 Å². The summed E-state index contributed by atoms with van der Waals surface area (Å²) in [7, 11) is -3.70. The molecule has 0 N–H and O–H groups in total. The number of hydrogen-bond acceptors (Lipinski definition) is 6. The Hall–Kier alpha value is -2.88. The fourth-order valence-corrected chi connectivity index (χ4v) is 6.00. The smallest absolute Gasteiger partial charge is 0.254 e. The molecule has 2 aliphatic heterocycles. The molecule has 178 valence electrons. The summed E-state index contributed by atoms with van der Waals surface area (Å²) < 4.78 is 33.3. The highest BCUT2D eigenvalue weighted by atomic mass is 32.2. The Morgan fingerprint density at radius 3 is 2.35 bits per heavy atom. The predicted octanol–water partition coefficient (Wildman–Crippen LogP) is 3.33. The molecule has 1 amide bonds. The summed E-state index contributed by atoms with van der Waals surface area (Å²) in [6, 6.07) is 12.2. The topological polar surface area (TPSA) is 92.7 Å². The molecule has 0 saturated carbocycles. The van der Waals surface area contributed by atoms with Gasteiger partial charge in [0.1, 0.15) is 0 Å². The Labute approximate surface area is 199 Å². The Balaban J connectivity index is 1.63. The lowest BCUT2D eigenvalue weighted by molar-refractivity contribution is 0.0730. The third-order valence-electron chi connectivity index (χ3n) is 6.44. The van der Waals surface area contributed by atoms with Crippen molar-refractivity contribution in [2.75, 3.05) is 39.4 Å². The van der Waals surface area contributed by atoms with Gasteiger partial charge in [-0.15, -0.1) is 0 Å². The van der Waals surface area contributed by atoms with Crippen LogP contribution in [0.3, 0.4) is 0 Å². The van der Waals surface area contributed by atoms with E-state index in [0.717, 1.165) is 25.7 Å². The molecule has 0 aliphatic carbocycles. The summed E-state index contributed by atoms with van der Waals surface area (Å²) in [6.07, 6.45) is 5.86. The number of benzene rings is 1. The van der Waals surface area contributed by atoms with Crippen molar-refractivity contribution in [3.63, 3.8) is 0 Å². The summed E-state index contributed by atoms with van der Waals surface area (Å²) in [4.78, 5) is 24.9. The average molecular weight is 481 g/mol. The highest BCUT2D eigenvalue weighted by molar-refractivity contribution is 7.89. The summed E-state index contributed by atoms with van der Waals surface area (Å²) in [5.41, 5.74) is 2.29. The van der Waals surface area contributed by atoms with Crippen molar-refractivity contribution in [1.29, 1.82) is 0 Å². The molecule has 3 aromatic rings. The second kappa shape index (κ2) is 9.77. The minimum atomic E-state index is -3.70. The van der Waals surface area contributed by atoms with Gasteiger partial charge in [-0.05, 0) is 49.2 Å². The zero-order chi connectivity index (χ0) is 23.5. The number of carbonyl (C=O) groups excluding carboxylic acids is 1. The van der Waals surface area contributed by atoms with Crippen LogP contribution in [0.15, 0.2) is 53.6 Å². The van der Waals surface area contributed by atoms with Gasteiger partial charge in [0.15, 0.2) is 0 Å². The Bertz CT molecular complexity index is 1280. The van der Waals surface area contributed by atoms with Gasteiger partial charge in [-0.1, -0.05) is 18.9 Å². The molecular formula is C25H28N4O4S. The number of pyridine rings is 2. The van der Waals surface area contributed by atoms with E-state index in [1.165, 1.54) is 4.31 Å². The molecule has 34 heavy (non-hydrogen) atoms. The van der Waals surface area contributed by atoms with Gasteiger partial charge in [-0.2, -0.15) is 4.31 Å². The van der Waals surface area contributed by atoms with Gasteiger partial charge in [0.05, 0.1) is 40.6 Å². The van der Waals surface area contributed by atoms with E-state index < -0.39 is 10.0 Å². The van der Waals surface area contributed by atoms with E-state index in [0.29, 0.717) is 67.2 Å². The number of hydrogen-bond donors (Lipinski definition) is 0. The number of carbonyl (C=O) groups is 1. The average Bonchev–Trinajstić information content (AvgIpc) is 3.18. The van der Waals surface area contributed by atoms with Crippen LogP contribution in [-0.2, 0) is 14.8 Å². The summed E-state index contributed by atoms with van der Waals surface area (Å²) >= 11 is 0. The first-order valence-corrected chi connectivity index (χ1v) is 13.2. The van der Waals surface area contributed by atoms with E-state index in [9.17, 15) is 13.2 Å². The van der Waals surface area contributed by atoms with Crippen LogP contribution in [0.4, 0.5) is 0 Å². The SMILES string of the molecule is O=C(c1cc(-c2ccccn2)nc2ccc(S(=O)(=O)N3CCOCC3)cc12)N1CCCCCC1. The minimum Gasteiger partial charge on any atom is -0.379 e. The summed E-state index contributed by atoms with van der Waals surface area (Å²) in [6.45, 7) is 2.79. The fourth-order valence-electron chi connectivity index (χ4n) is 4.57. The van der Waals surface area contributed by atoms with Crippen LogP contribution in [0.5, 0.6) is 0 Å².